The Morgan fingerprint density at radius 1 is 1.28 bits per heavy atom. The first-order valence-corrected chi connectivity index (χ1v) is 6.29. The zero-order chi connectivity index (χ0) is 13.0. The zero-order valence-corrected chi connectivity index (χ0v) is 11.5. The highest BCUT2D eigenvalue weighted by Gasteiger charge is 2.07. The second-order valence-corrected chi connectivity index (χ2v) is 4.77. The van der Waals surface area contributed by atoms with E-state index in [0.717, 1.165) is 10.0 Å². The molecule has 0 fully saturated rings. The quantitative estimate of drug-likeness (QED) is 0.598. The number of nitrogens with two attached hydrogens (primary N) is 1. The van der Waals surface area contributed by atoms with Crippen molar-refractivity contribution in [2.75, 3.05) is 10.7 Å². The molecule has 1 atom stereocenters. The number of hydrogen-bond acceptors (Lipinski definition) is 5. The van der Waals surface area contributed by atoms with Crippen LogP contribution in [0.25, 0.3) is 0 Å². The van der Waals surface area contributed by atoms with Gasteiger partial charge >= 0.3 is 0 Å². The van der Waals surface area contributed by atoms with Gasteiger partial charge in [-0.1, -0.05) is 28.1 Å². The topological polar surface area (TPSA) is 75.9 Å². The van der Waals surface area contributed by atoms with Crippen molar-refractivity contribution >= 4 is 27.6 Å². The molecule has 0 saturated carbocycles. The summed E-state index contributed by atoms with van der Waals surface area (Å²) in [4.78, 5) is 8.30. The normalized spacial score (nSPS) is 11.9. The average molecular weight is 308 g/mol. The summed E-state index contributed by atoms with van der Waals surface area (Å²) in [6.45, 7) is 2.06. The highest BCUT2D eigenvalue weighted by molar-refractivity contribution is 9.10. The lowest BCUT2D eigenvalue weighted by Gasteiger charge is -2.15. The number of aromatic nitrogens is 2. The van der Waals surface area contributed by atoms with Crippen LogP contribution in [0, 0.1) is 0 Å². The van der Waals surface area contributed by atoms with Crippen LogP contribution in [-0.4, -0.2) is 9.97 Å². The fourth-order valence-electron chi connectivity index (χ4n) is 1.59. The Morgan fingerprint density at radius 2 is 2.06 bits per heavy atom. The molecule has 2 aromatic rings. The number of anilines is 2. The Balaban J connectivity index is 2.13. The lowest BCUT2D eigenvalue weighted by Crippen LogP contribution is -2.12. The monoisotopic (exact) mass is 307 g/mol. The number of rotatable bonds is 4. The molecular weight excluding hydrogens is 294 g/mol. The van der Waals surface area contributed by atoms with Crippen molar-refractivity contribution in [1.29, 1.82) is 0 Å². The molecule has 2 rings (SSSR count). The van der Waals surface area contributed by atoms with Crippen LogP contribution in [-0.2, 0) is 0 Å². The highest BCUT2D eigenvalue weighted by atomic mass is 79.9. The van der Waals surface area contributed by atoms with Crippen molar-refractivity contribution in [3.8, 4) is 0 Å². The molecule has 1 aromatic carbocycles. The van der Waals surface area contributed by atoms with Crippen molar-refractivity contribution < 1.29 is 0 Å². The Bertz CT molecular complexity index is 531. The second kappa shape index (κ2) is 5.79. The van der Waals surface area contributed by atoms with Gasteiger partial charge < -0.3 is 10.7 Å². The molecule has 5 nitrogen and oxygen atoms in total. The summed E-state index contributed by atoms with van der Waals surface area (Å²) < 4.78 is 1.05. The van der Waals surface area contributed by atoms with Crippen molar-refractivity contribution in [1.82, 2.24) is 9.97 Å². The fraction of sp³-hybridized carbons (Fsp3) is 0.167. The average Bonchev–Trinajstić information content (AvgIpc) is 2.39. The summed E-state index contributed by atoms with van der Waals surface area (Å²) >= 11 is 3.46. The van der Waals surface area contributed by atoms with Crippen LogP contribution >= 0.6 is 15.9 Å². The Kier molecular flexibility index (Phi) is 4.11. The van der Waals surface area contributed by atoms with E-state index in [9.17, 15) is 0 Å². The Hall–Kier alpha value is -1.66. The van der Waals surface area contributed by atoms with Crippen LogP contribution in [0.3, 0.4) is 0 Å². The van der Waals surface area contributed by atoms with E-state index >= 15 is 0 Å². The number of hydrazine groups is 1. The third-order valence-corrected chi connectivity index (χ3v) is 2.99. The molecule has 4 N–H and O–H groups in total. The van der Waals surface area contributed by atoms with Crippen LogP contribution in [0.15, 0.2) is 41.1 Å². The molecule has 0 spiro atoms. The van der Waals surface area contributed by atoms with Crippen LogP contribution in [0.1, 0.15) is 18.5 Å². The van der Waals surface area contributed by atoms with Gasteiger partial charge in [0.1, 0.15) is 5.82 Å². The Morgan fingerprint density at radius 3 is 2.78 bits per heavy atom. The van der Waals surface area contributed by atoms with E-state index in [4.69, 9.17) is 5.84 Å². The number of nitrogen functional groups attached to an aromatic ring is 1. The molecule has 0 radical (unpaired) electrons. The third kappa shape index (κ3) is 3.18. The predicted octanol–water partition coefficient (Wildman–Crippen LogP) is 2.70. The van der Waals surface area contributed by atoms with Gasteiger partial charge in [0, 0.05) is 4.47 Å². The number of benzene rings is 1. The summed E-state index contributed by atoms with van der Waals surface area (Å²) in [5.41, 5.74) is 3.63. The van der Waals surface area contributed by atoms with Gasteiger partial charge in [0.25, 0.3) is 0 Å². The summed E-state index contributed by atoms with van der Waals surface area (Å²) in [7, 11) is 0. The fourth-order valence-corrected chi connectivity index (χ4v) is 2.00. The largest absolute Gasteiger partial charge is 0.362 e. The number of hydrogen-bond donors (Lipinski definition) is 3. The van der Waals surface area contributed by atoms with Crippen molar-refractivity contribution in [2.45, 2.75) is 13.0 Å². The van der Waals surface area contributed by atoms with Gasteiger partial charge in [-0.2, -0.15) is 0 Å². The molecule has 0 saturated heterocycles. The summed E-state index contributed by atoms with van der Waals surface area (Å²) in [6.07, 6.45) is 3.23. The predicted molar refractivity (Wildman–Crippen MR) is 76.0 cm³/mol. The zero-order valence-electron chi connectivity index (χ0n) is 9.89. The lowest BCUT2D eigenvalue weighted by molar-refractivity contribution is 0.870. The smallest absolute Gasteiger partial charge is 0.160 e. The van der Waals surface area contributed by atoms with Gasteiger partial charge in [0.2, 0.25) is 0 Å². The maximum atomic E-state index is 5.29. The van der Waals surface area contributed by atoms with Gasteiger partial charge in [-0.15, -0.1) is 0 Å². The van der Waals surface area contributed by atoms with Gasteiger partial charge in [0.15, 0.2) is 5.82 Å². The van der Waals surface area contributed by atoms with E-state index in [-0.39, 0.29) is 6.04 Å². The summed E-state index contributed by atoms with van der Waals surface area (Å²) in [5, 5.41) is 3.27. The SMILES string of the molecule is CC(Nc1cncc(NN)n1)c1cccc(Br)c1. The van der Waals surface area contributed by atoms with Crippen molar-refractivity contribution in [3.63, 3.8) is 0 Å². The minimum atomic E-state index is 0.129. The highest BCUT2D eigenvalue weighted by Crippen LogP contribution is 2.21. The maximum absolute atomic E-state index is 5.29. The van der Waals surface area contributed by atoms with Crippen LogP contribution < -0.4 is 16.6 Å². The standard InChI is InChI=1S/C12H14BrN5/c1-8(9-3-2-4-10(13)5-9)16-11-6-15-7-12(17-11)18-14/h2-8H,14H2,1H3,(H2,16,17,18). The molecular formula is C12H14BrN5. The van der Waals surface area contributed by atoms with Crippen LogP contribution in [0.5, 0.6) is 0 Å². The molecule has 1 unspecified atom stereocenters. The summed E-state index contributed by atoms with van der Waals surface area (Å²) in [5.74, 6) is 6.50. The first-order chi connectivity index (χ1) is 8.69. The Labute approximate surface area is 114 Å². The van der Waals surface area contributed by atoms with Crippen molar-refractivity contribution in [3.05, 3.63) is 46.7 Å². The first kappa shape index (κ1) is 12.8. The number of nitrogens with zero attached hydrogens (tertiary/aromatic N) is 2. The molecule has 1 heterocycles. The molecule has 1 aromatic heterocycles. The van der Waals surface area contributed by atoms with Crippen molar-refractivity contribution in [2.24, 2.45) is 5.84 Å². The van der Waals surface area contributed by atoms with E-state index in [1.54, 1.807) is 12.4 Å². The van der Waals surface area contributed by atoms with E-state index in [2.05, 4.69) is 55.7 Å². The van der Waals surface area contributed by atoms with Gasteiger partial charge in [-0.25, -0.2) is 10.8 Å². The van der Waals surface area contributed by atoms with Crippen LogP contribution in [0.4, 0.5) is 11.6 Å². The minimum absolute atomic E-state index is 0.129. The molecule has 0 aliphatic rings. The van der Waals surface area contributed by atoms with Gasteiger partial charge in [0.05, 0.1) is 18.4 Å². The van der Waals surface area contributed by atoms with E-state index in [0.29, 0.717) is 11.6 Å². The number of nitrogens with one attached hydrogen (secondary N) is 2. The molecule has 0 bridgehead atoms. The van der Waals surface area contributed by atoms with Gasteiger partial charge in [-0.3, -0.25) is 4.98 Å². The third-order valence-electron chi connectivity index (χ3n) is 2.50. The lowest BCUT2D eigenvalue weighted by atomic mass is 10.1. The molecule has 94 valence electrons. The van der Waals surface area contributed by atoms with Gasteiger partial charge in [-0.05, 0) is 24.6 Å². The van der Waals surface area contributed by atoms with E-state index < -0.39 is 0 Å². The molecule has 18 heavy (non-hydrogen) atoms. The van der Waals surface area contributed by atoms with Crippen LogP contribution in [0.2, 0.25) is 0 Å². The first-order valence-electron chi connectivity index (χ1n) is 5.49. The molecule has 0 aliphatic heterocycles. The second-order valence-electron chi connectivity index (χ2n) is 3.85. The van der Waals surface area contributed by atoms with E-state index in [1.165, 1.54) is 0 Å². The molecule has 6 heteroatoms. The molecule has 0 amide bonds. The maximum Gasteiger partial charge on any atom is 0.160 e. The van der Waals surface area contributed by atoms with E-state index in [1.807, 2.05) is 12.1 Å². The summed E-state index contributed by atoms with van der Waals surface area (Å²) in [6, 6.07) is 8.25. The number of halogens is 1. The molecule has 0 aliphatic carbocycles. The minimum Gasteiger partial charge on any atom is -0.362 e.